The van der Waals surface area contributed by atoms with E-state index >= 15 is 0 Å². The fourth-order valence-electron chi connectivity index (χ4n) is 3.51. The molecule has 5 rings (SSSR count). The van der Waals surface area contributed by atoms with E-state index in [1.165, 1.54) is 24.6 Å². The van der Waals surface area contributed by atoms with Gasteiger partial charge >= 0.3 is 99.6 Å². The van der Waals surface area contributed by atoms with Crippen LogP contribution in [-0.2, 0) is 42.0 Å². The van der Waals surface area contributed by atoms with E-state index < -0.39 is 15.0 Å². The Hall–Kier alpha value is -0.785. The smallest absolute Gasteiger partial charge is 1.00 e. The molecule has 214 valence electrons. The van der Waals surface area contributed by atoms with Gasteiger partial charge in [-0.2, -0.15) is 0 Å². The van der Waals surface area contributed by atoms with Gasteiger partial charge in [-0.05, 0) is 41.1 Å². The van der Waals surface area contributed by atoms with Gasteiger partial charge in [0.2, 0.25) is 0 Å². The van der Waals surface area contributed by atoms with Crippen LogP contribution in [0.2, 0.25) is 0 Å². The minimum absolute atomic E-state index is 0. The zero-order chi connectivity index (χ0) is 29.0. The summed E-state index contributed by atoms with van der Waals surface area (Å²) in [4.78, 5) is 16.7. The Kier molecular flexibility index (Phi) is 16.7. The predicted octanol–water partition coefficient (Wildman–Crippen LogP) is 4.95. The van der Waals surface area contributed by atoms with E-state index in [-0.39, 0.29) is 67.1 Å². The summed E-state index contributed by atoms with van der Waals surface area (Å²) in [6, 6.07) is 23.5. The number of benzene rings is 3. The summed E-state index contributed by atoms with van der Waals surface area (Å²) < 4.78 is 35.7. The van der Waals surface area contributed by atoms with Crippen LogP contribution in [0.5, 0.6) is 0 Å². The van der Waals surface area contributed by atoms with E-state index in [1.807, 2.05) is 60.7 Å². The molecule has 0 unspecified atom stereocenters. The van der Waals surface area contributed by atoms with Crippen LogP contribution in [0.3, 0.4) is 0 Å². The second kappa shape index (κ2) is 18.8. The Bertz CT molecular complexity index is 1760. The Morgan fingerprint density at radius 1 is 0.683 bits per heavy atom. The van der Waals surface area contributed by atoms with E-state index in [2.05, 4.69) is 20.0 Å². The number of rotatable bonds is 5. The molecule has 0 aliphatic rings. The normalized spacial score (nSPS) is 11.2. The molecule has 3 aromatic carbocycles. The molecule has 0 aliphatic heterocycles. The number of hydrogen-bond acceptors (Lipinski definition) is 7. The molecule has 0 bridgehead atoms. The largest absolute Gasteiger partial charge is 1.00 e. The van der Waals surface area contributed by atoms with E-state index in [0.717, 1.165) is 21.5 Å². The van der Waals surface area contributed by atoms with E-state index in [4.69, 9.17) is 38.1 Å². The van der Waals surface area contributed by atoms with Gasteiger partial charge in [0.1, 0.15) is 10.1 Å². The maximum Gasteiger partial charge on any atom is 1.00 e. The Balaban J connectivity index is 0.000000775. The van der Waals surface area contributed by atoms with Crippen molar-refractivity contribution < 1.29 is 74.4 Å². The zero-order valence-electron chi connectivity index (χ0n) is 20.9. The summed E-state index contributed by atoms with van der Waals surface area (Å²) in [6.45, 7) is 0. The van der Waals surface area contributed by atoms with Gasteiger partial charge in [0.25, 0.3) is 0 Å². The average Bonchev–Trinajstić information content (AvgIpc) is 2.95. The molecule has 0 N–H and O–H groups in total. The zero-order valence-corrected chi connectivity index (χ0v) is 29.8. The molecular weight excluding hydrogens is 826 g/mol. The molecule has 0 saturated heterocycles. The van der Waals surface area contributed by atoms with Crippen molar-refractivity contribution in [1.29, 1.82) is 0 Å². The fourth-order valence-corrected chi connectivity index (χ4v) is 4.15. The summed E-state index contributed by atoms with van der Waals surface area (Å²) in [5.41, 5.74) is 1.46. The topological polar surface area (TPSA) is 108 Å². The number of pyridine rings is 2. The first-order chi connectivity index (χ1) is 19.3. The summed E-state index contributed by atoms with van der Waals surface area (Å²) in [5.74, 6) is 0. The van der Waals surface area contributed by atoms with E-state index in [0.29, 0.717) is 17.1 Å². The summed E-state index contributed by atoms with van der Waals surface area (Å²) in [6.07, 6.45) is 6.40. The number of aliphatic imine (C=N–C) groups is 2. The van der Waals surface area contributed by atoms with Gasteiger partial charge < -0.3 is 4.55 Å². The Morgan fingerprint density at radius 2 is 1.12 bits per heavy atom. The van der Waals surface area contributed by atoms with Crippen LogP contribution >= 0.6 is 38.1 Å². The predicted molar refractivity (Wildman–Crippen MR) is 156 cm³/mol. The van der Waals surface area contributed by atoms with Crippen molar-refractivity contribution in [2.24, 2.45) is 9.98 Å². The van der Waals surface area contributed by atoms with Crippen LogP contribution in [0.25, 0.3) is 21.5 Å². The second-order valence-electron chi connectivity index (χ2n) is 7.63. The molecule has 0 saturated carbocycles. The number of aromatic nitrogens is 2. The SMILES string of the molecule is O=S(=O)([O-])c1cc(N=Cc2cc3ccccc3cn2)ccc1N=Cc1cc2ccccc2cn1.[Cl][Pd][Cl].[Cl][Pd][Cl].[Na+]. The van der Waals surface area contributed by atoms with Gasteiger partial charge in [0.05, 0.1) is 40.1 Å². The maximum atomic E-state index is 11.9. The third kappa shape index (κ3) is 11.7. The molecule has 0 aliphatic carbocycles. The van der Waals surface area contributed by atoms with Gasteiger partial charge in [-0.15, -0.1) is 0 Å². The summed E-state index contributed by atoms with van der Waals surface area (Å²) >= 11 is -0.211. The number of hydrogen-bond donors (Lipinski definition) is 0. The van der Waals surface area contributed by atoms with Crippen LogP contribution in [0.15, 0.2) is 106 Å². The third-order valence-corrected chi connectivity index (χ3v) is 6.06. The summed E-state index contributed by atoms with van der Waals surface area (Å²) in [7, 11) is 14.5. The van der Waals surface area contributed by atoms with Crippen LogP contribution < -0.4 is 29.6 Å². The van der Waals surface area contributed by atoms with Crippen LogP contribution in [0.1, 0.15) is 11.4 Å². The molecular formula is C26H17Cl4N4NaO3Pd2S. The van der Waals surface area contributed by atoms with E-state index in [9.17, 15) is 13.0 Å². The fraction of sp³-hybridized carbons (Fsp3) is 0. The summed E-state index contributed by atoms with van der Waals surface area (Å²) in [5, 5.41) is 3.96. The molecule has 41 heavy (non-hydrogen) atoms. The third-order valence-electron chi connectivity index (χ3n) is 5.20. The molecule has 0 fully saturated rings. The molecule has 0 spiro atoms. The minimum Gasteiger partial charge on any atom is 1.00 e. The molecule has 2 aromatic heterocycles. The van der Waals surface area contributed by atoms with E-state index in [1.54, 1.807) is 18.5 Å². The standard InChI is InChI=1S/C26H18N4O3S.4ClH.Na.2Pd/c31-34(32,33)26-13-22(29-16-23-11-18-5-1-3-7-20(18)14-27-23)9-10-25(26)30-17-24-12-19-6-2-4-8-21(19)15-28-24;;;;;;;/h1-17H,(H,31,32,33);4*1H;;;/q;;;;;+1;2*+2/p-5. The van der Waals surface area contributed by atoms with Crippen LogP contribution in [-0.4, -0.2) is 35.4 Å². The van der Waals surface area contributed by atoms with Gasteiger partial charge in [-0.3, -0.25) is 20.0 Å². The van der Waals surface area contributed by atoms with Crippen LogP contribution in [0, 0.1) is 0 Å². The second-order valence-corrected chi connectivity index (χ2v) is 13.7. The molecule has 2 heterocycles. The first kappa shape index (κ1) is 36.4. The quantitative estimate of drug-likeness (QED) is 0.142. The van der Waals surface area contributed by atoms with Crippen molar-refractivity contribution in [3.63, 3.8) is 0 Å². The number of nitrogens with zero attached hydrogens (tertiary/aromatic N) is 4. The molecule has 0 radical (unpaired) electrons. The van der Waals surface area contributed by atoms with Gasteiger partial charge in [-0.25, -0.2) is 8.42 Å². The van der Waals surface area contributed by atoms with Gasteiger partial charge in [0.15, 0.2) is 0 Å². The van der Waals surface area contributed by atoms with Crippen molar-refractivity contribution in [1.82, 2.24) is 9.97 Å². The molecule has 7 nitrogen and oxygen atoms in total. The first-order valence-corrected chi connectivity index (χ1v) is 20.2. The first-order valence-electron chi connectivity index (χ1n) is 10.8. The molecule has 0 amide bonds. The van der Waals surface area contributed by atoms with Crippen molar-refractivity contribution in [3.05, 3.63) is 103 Å². The minimum atomic E-state index is -4.78. The van der Waals surface area contributed by atoms with Crippen molar-refractivity contribution >= 4 is 93.6 Å². The number of fused-ring (bicyclic) bond motifs is 2. The molecule has 5 aromatic rings. The average molecular weight is 843 g/mol. The van der Waals surface area contributed by atoms with Gasteiger partial charge in [-0.1, -0.05) is 48.5 Å². The maximum absolute atomic E-state index is 11.9. The van der Waals surface area contributed by atoms with Crippen molar-refractivity contribution in [2.75, 3.05) is 0 Å². The van der Waals surface area contributed by atoms with Crippen LogP contribution in [0.4, 0.5) is 11.4 Å². The molecule has 0 atom stereocenters. The Morgan fingerprint density at radius 3 is 1.59 bits per heavy atom. The van der Waals surface area contributed by atoms with Crippen molar-refractivity contribution in [3.8, 4) is 0 Å². The van der Waals surface area contributed by atoms with Gasteiger partial charge in [0, 0.05) is 23.2 Å². The number of halogens is 4. The molecule has 15 heteroatoms. The monoisotopic (exact) mass is 840 g/mol. The Labute approximate surface area is 292 Å². The van der Waals surface area contributed by atoms with Crippen molar-refractivity contribution in [2.45, 2.75) is 4.90 Å².